The number of aryl methyl sites for hydroxylation is 1. The second-order valence-corrected chi connectivity index (χ2v) is 6.34. The number of hydrogen-bond donors (Lipinski definition) is 1. The summed E-state index contributed by atoms with van der Waals surface area (Å²) >= 11 is 3.41. The zero-order chi connectivity index (χ0) is 14.8. The zero-order valence-electron chi connectivity index (χ0n) is 11.9. The Bertz CT molecular complexity index is 498. The maximum absolute atomic E-state index is 12.5. The lowest BCUT2D eigenvalue weighted by Crippen LogP contribution is -2.47. The van der Waals surface area contributed by atoms with E-state index >= 15 is 0 Å². The Morgan fingerprint density at radius 2 is 2.10 bits per heavy atom. The van der Waals surface area contributed by atoms with Gasteiger partial charge in [0.25, 0.3) is 5.91 Å². The maximum atomic E-state index is 12.5. The largest absolute Gasteiger partial charge is 0.388 e. The summed E-state index contributed by atoms with van der Waals surface area (Å²) < 4.78 is 6.03. The van der Waals surface area contributed by atoms with Gasteiger partial charge in [-0.1, -0.05) is 11.6 Å². The standard InChI is InChI=1S/C15H20BrNO3/c1-11-3-4-13(16)12(9-11)14(18)17(2)10-15(19)5-7-20-8-6-15/h3-4,9,19H,5-8,10H2,1-2H3. The third-order valence-electron chi connectivity index (χ3n) is 3.65. The second-order valence-electron chi connectivity index (χ2n) is 5.48. The fraction of sp³-hybridized carbons (Fsp3) is 0.533. The minimum Gasteiger partial charge on any atom is -0.388 e. The molecule has 4 nitrogen and oxygen atoms in total. The smallest absolute Gasteiger partial charge is 0.254 e. The molecule has 0 atom stereocenters. The first-order chi connectivity index (χ1) is 9.41. The Morgan fingerprint density at radius 1 is 1.45 bits per heavy atom. The van der Waals surface area contributed by atoms with Crippen LogP contribution in [0.25, 0.3) is 0 Å². The summed E-state index contributed by atoms with van der Waals surface area (Å²) in [6.45, 7) is 3.38. The van der Waals surface area contributed by atoms with Crippen LogP contribution in [0.5, 0.6) is 0 Å². The number of ether oxygens (including phenoxy) is 1. The van der Waals surface area contributed by atoms with Crippen LogP contribution in [0.2, 0.25) is 0 Å². The molecule has 1 N–H and O–H groups in total. The van der Waals surface area contributed by atoms with Crippen molar-refractivity contribution >= 4 is 21.8 Å². The molecule has 1 saturated heterocycles. The fourth-order valence-corrected chi connectivity index (χ4v) is 2.85. The van der Waals surface area contributed by atoms with Gasteiger partial charge in [0.05, 0.1) is 11.2 Å². The molecule has 110 valence electrons. The molecular weight excluding hydrogens is 322 g/mol. The molecule has 0 saturated carbocycles. The summed E-state index contributed by atoms with van der Waals surface area (Å²) in [6, 6.07) is 5.68. The van der Waals surface area contributed by atoms with Crippen LogP contribution in [0.15, 0.2) is 22.7 Å². The molecule has 0 spiro atoms. The summed E-state index contributed by atoms with van der Waals surface area (Å²) in [6.07, 6.45) is 1.14. The van der Waals surface area contributed by atoms with Crippen molar-refractivity contribution in [1.82, 2.24) is 4.90 Å². The number of rotatable bonds is 3. The Balaban J connectivity index is 2.10. The minimum atomic E-state index is -0.834. The summed E-state index contributed by atoms with van der Waals surface area (Å²) in [7, 11) is 1.73. The number of carbonyl (C=O) groups excluding carboxylic acids is 1. The molecule has 0 aromatic heterocycles. The summed E-state index contributed by atoms with van der Waals surface area (Å²) in [4.78, 5) is 14.1. The van der Waals surface area contributed by atoms with Crippen LogP contribution in [0.4, 0.5) is 0 Å². The van der Waals surface area contributed by atoms with Crippen molar-refractivity contribution in [2.75, 3.05) is 26.8 Å². The van der Waals surface area contributed by atoms with Gasteiger partial charge in [0, 0.05) is 44.1 Å². The monoisotopic (exact) mass is 341 g/mol. The van der Waals surface area contributed by atoms with Gasteiger partial charge in [0.1, 0.15) is 0 Å². The highest BCUT2D eigenvalue weighted by Gasteiger charge is 2.32. The van der Waals surface area contributed by atoms with E-state index in [1.807, 2.05) is 25.1 Å². The molecule has 1 heterocycles. The third-order valence-corrected chi connectivity index (χ3v) is 4.35. The molecule has 0 bridgehead atoms. The van der Waals surface area contributed by atoms with E-state index < -0.39 is 5.60 Å². The average Bonchev–Trinajstić information content (AvgIpc) is 2.41. The third kappa shape index (κ3) is 3.59. The van der Waals surface area contributed by atoms with E-state index in [0.29, 0.717) is 38.2 Å². The van der Waals surface area contributed by atoms with Crippen LogP contribution in [-0.2, 0) is 4.74 Å². The SMILES string of the molecule is Cc1ccc(Br)c(C(=O)N(C)CC2(O)CCOCC2)c1. The number of hydrogen-bond acceptors (Lipinski definition) is 3. The molecule has 1 aromatic carbocycles. The lowest BCUT2D eigenvalue weighted by Gasteiger charge is -2.35. The topological polar surface area (TPSA) is 49.8 Å². The molecule has 1 amide bonds. The Labute approximate surface area is 127 Å². The van der Waals surface area contributed by atoms with Gasteiger partial charge in [-0.25, -0.2) is 0 Å². The molecule has 1 aliphatic heterocycles. The van der Waals surface area contributed by atoms with Crippen molar-refractivity contribution in [3.05, 3.63) is 33.8 Å². The van der Waals surface area contributed by atoms with Gasteiger partial charge in [0.15, 0.2) is 0 Å². The molecular formula is C15H20BrNO3. The van der Waals surface area contributed by atoms with Gasteiger partial charge in [-0.15, -0.1) is 0 Å². The molecule has 2 rings (SSSR count). The highest BCUT2D eigenvalue weighted by molar-refractivity contribution is 9.10. The molecule has 0 radical (unpaired) electrons. The molecule has 1 aliphatic rings. The van der Waals surface area contributed by atoms with Gasteiger partial charge in [-0.3, -0.25) is 4.79 Å². The van der Waals surface area contributed by atoms with E-state index in [0.717, 1.165) is 10.0 Å². The predicted octanol–water partition coefficient (Wildman–Crippen LogP) is 2.37. The number of halogens is 1. The van der Waals surface area contributed by atoms with E-state index in [4.69, 9.17) is 4.74 Å². The first-order valence-corrected chi connectivity index (χ1v) is 7.52. The number of amides is 1. The first-order valence-electron chi connectivity index (χ1n) is 6.73. The normalized spacial score (nSPS) is 17.8. The van der Waals surface area contributed by atoms with Crippen LogP contribution in [0.3, 0.4) is 0 Å². The van der Waals surface area contributed by atoms with Crippen LogP contribution in [0.1, 0.15) is 28.8 Å². The lowest BCUT2D eigenvalue weighted by molar-refractivity contribution is -0.0734. The molecule has 20 heavy (non-hydrogen) atoms. The van der Waals surface area contributed by atoms with Crippen LogP contribution in [0, 0.1) is 6.92 Å². The number of nitrogens with zero attached hydrogens (tertiary/aromatic N) is 1. The van der Waals surface area contributed by atoms with E-state index in [2.05, 4.69) is 15.9 Å². The maximum Gasteiger partial charge on any atom is 0.254 e. The summed E-state index contributed by atoms with van der Waals surface area (Å²) in [5.41, 5.74) is 0.830. The van der Waals surface area contributed by atoms with Crippen LogP contribution >= 0.6 is 15.9 Å². The summed E-state index contributed by atoms with van der Waals surface area (Å²) in [5.74, 6) is -0.0829. The molecule has 1 fully saturated rings. The Hall–Kier alpha value is -0.910. The molecule has 0 unspecified atom stereocenters. The van der Waals surface area contributed by atoms with Crippen molar-refractivity contribution < 1.29 is 14.6 Å². The van der Waals surface area contributed by atoms with Crippen LogP contribution < -0.4 is 0 Å². The number of benzene rings is 1. The van der Waals surface area contributed by atoms with Gasteiger partial charge >= 0.3 is 0 Å². The fourth-order valence-electron chi connectivity index (χ4n) is 2.43. The quantitative estimate of drug-likeness (QED) is 0.918. The zero-order valence-corrected chi connectivity index (χ0v) is 13.4. The van der Waals surface area contributed by atoms with Crippen LogP contribution in [-0.4, -0.2) is 48.3 Å². The Kier molecular flexibility index (Phi) is 4.83. The molecule has 0 aliphatic carbocycles. The Morgan fingerprint density at radius 3 is 2.75 bits per heavy atom. The van der Waals surface area contributed by atoms with Gasteiger partial charge in [0.2, 0.25) is 0 Å². The van der Waals surface area contributed by atoms with E-state index in [1.54, 1.807) is 11.9 Å². The average molecular weight is 342 g/mol. The first kappa shape index (κ1) is 15.5. The predicted molar refractivity (Wildman–Crippen MR) is 80.8 cm³/mol. The van der Waals surface area contributed by atoms with Crippen molar-refractivity contribution in [1.29, 1.82) is 0 Å². The van der Waals surface area contributed by atoms with E-state index in [1.165, 1.54) is 0 Å². The lowest BCUT2D eigenvalue weighted by atomic mass is 9.93. The molecule has 5 heteroatoms. The highest BCUT2D eigenvalue weighted by Crippen LogP contribution is 2.24. The number of likely N-dealkylation sites (N-methyl/N-ethyl adjacent to an activating group) is 1. The van der Waals surface area contributed by atoms with E-state index in [-0.39, 0.29) is 5.91 Å². The highest BCUT2D eigenvalue weighted by atomic mass is 79.9. The van der Waals surface area contributed by atoms with Crippen molar-refractivity contribution in [2.45, 2.75) is 25.4 Å². The second kappa shape index (κ2) is 6.24. The minimum absolute atomic E-state index is 0.0829. The van der Waals surface area contributed by atoms with Gasteiger partial charge in [-0.05, 0) is 35.0 Å². The van der Waals surface area contributed by atoms with Crippen molar-refractivity contribution in [2.24, 2.45) is 0 Å². The van der Waals surface area contributed by atoms with Crippen molar-refractivity contribution in [3.63, 3.8) is 0 Å². The number of carbonyl (C=O) groups is 1. The van der Waals surface area contributed by atoms with Gasteiger partial charge < -0.3 is 14.7 Å². The van der Waals surface area contributed by atoms with E-state index in [9.17, 15) is 9.90 Å². The molecule has 1 aromatic rings. The van der Waals surface area contributed by atoms with Gasteiger partial charge in [-0.2, -0.15) is 0 Å². The number of aliphatic hydroxyl groups is 1. The van der Waals surface area contributed by atoms with Crippen molar-refractivity contribution in [3.8, 4) is 0 Å². The summed E-state index contributed by atoms with van der Waals surface area (Å²) in [5, 5.41) is 10.5.